The van der Waals surface area contributed by atoms with Gasteiger partial charge in [0.25, 0.3) is 0 Å². The lowest BCUT2D eigenvalue weighted by Gasteiger charge is -2.37. The third-order valence-corrected chi connectivity index (χ3v) is 4.23. The zero-order valence-electron chi connectivity index (χ0n) is 15.3. The summed E-state index contributed by atoms with van der Waals surface area (Å²) in [6.45, 7) is -1.21. The van der Waals surface area contributed by atoms with Gasteiger partial charge in [0.05, 0.1) is 6.54 Å². The summed E-state index contributed by atoms with van der Waals surface area (Å²) in [6, 6.07) is 2.23. The van der Waals surface area contributed by atoms with Crippen LogP contribution in [0.5, 0.6) is 0 Å². The highest BCUT2D eigenvalue weighted by Gasteiger charge is 2.35. The molecule has 1 unspecified atom stereocenters. The number of amidine groups is 1. The molecule has 0 aromatic heterocycles. The maximum Gasteiger partial charge on any atom is 0.405 e. The molecule has 1 fully saturated rings. The van der Waals surface area contributed by atoms with Gasteiger partial charge < -0.3 is 21.0 Å². The Morgan fingerprint density at radius 1 is 1.32 bits per heavy atom. The highest BCUT2D eigenvalue weighted by molar-refractivity contribution is 5.89. The van der Waals surface area contributed by atoms with Gasteiger partial charge in [-0.25, -0.2) is 8.78 Å². The number of nitrogens with one attached hydrogen (secondary N) is 1. The molecule has 3 N–H and O–H groups in total. The van der Waals surface area contributed by atoms with E-state index in [-0.39, 0.29) is 49.8 Å². The minimum atomic E-state index is -4.39. The van der Waals surface area contributed by atoms with Crippen molar-refractivity contribution in [1.29, 1.82) is 0 Å². The van der Waals surface area contributed by atoms with Crippen LogP contribution in [-0.4, -0.2) is 67.0 Å². The molecule has 156 valence electrons. The minimum Gasteiger partial charge on any atom is -0.346 e. The molecule has 0 spiro atoms. The van der Waals surface area contributed by atoms with E-state index in [1.54, 1.807) is 0 Å². The second-order valence-electron chi connectivity index (χ2n) is 6.51. The molecule has 0 radical (unpaired) electrons. The standard InChI is InChI=1S/C17H22F5N5O/c1-24-25-15-9-26(4-5-27(15)10-17(20,21)22)16(28)8-13(23)7-11-6-12(18)2-3-14(11)19/h2-3,6,13,24H,4-5,7-10,23H2,1H3/b25-15-. The molecule has 1 atom stereocenters. The number of hydrazone groups is 1. The summed E-state index contributed by atoms with van der Waals surface area (Å²) >= 11 is 0. The molecule has 1 aromatic carbocycles. The summed E-state index contributed by atoms with van der Waals surface area (Å²) in [5, 5.41) is 3.83. The van der Waals surface area contributed by atoms with Crippen molar-refractivity contribution in [2.24, 2.45) is 10.8 Å². The Balaban J connectivity index is 1.97. The first kappa shape index (κ1) is 21.9. The van der Waals surface area contributed by atoms with Gasteiger partial charge in [0, 0.05) is 32.6 Å². The van der Waals surface area contributed by atoms with Crippen molar-refractivity contribution in [1.82, 2.24) is 15.2 Å². The molecule has 11 heteroatoms. The van der Waals surface area contributed by atoms with Crippen LogP contribution in [0.25, 0.3) is 0 Å². The summed E-state index contributed by atoms with van der Waals surface area (Å²) in [5.74, 6) is -1.53. The van der Waals surface area contributed by atoms with Gasteiger partial charge in [0.1, 0.15) is 24.0 Å². The Labute approximate surface area is 159 Å². The third kappa shape index (κ3) is 6.32. The number of nitrogens with zero attached hydrogens (tertiary/aromatic N) is 3. The van der Waals surface area contributed by atoms with Gasteiger partial charge in [-0.1, -0.05) is 0 Å². The molecule has 0 bridgehead atoms. The van der Waals surface area contributed by atoms with Crippen molar-refractivity contribution in [2.45, 2.75) is 25.1 Å². The lowest BCUT2D eigenvalue weighted by Crippen LogP contribution is -2.55. The van der Waals surface area contributed by atoms with Crippen molar-refractivity contribution in [2.75, 3.05) is 33.2 Å². The average molecular weight is 407 g/mol. The van der Waals surface area contributed by atoms with E-state index in [1.165, 1.54) is 11.9 Å². The van der Waals surface area contributed by atoms with Crippen LogP contribution < -0.4 is 11.2 Å². The number of benzene rings is 1. The minimum absolute atomic E-state index is 0.0282. The van der Waals surface area contributed by atoms with Crippen molar-refractivity contribution in [3.8, 4) is 0 Å². The maximum absolute atomic E-state index is 13.7. The van der Waals surface area contributed by atoms with Gasteiger partial charge in [-0.05, 0) is 30.2 Å². The van der Waals surface area contributed by atoms with Crippen LogP contribution in [0.15, 0.2) is 23.3 Å². The first-order valence-corrected chi connectivity index (χ1v) is 8.61. The lowest BCUT2D eigenvalue weighted by atomic mass is 10.0. The fraction of sp³-hybridized carbons (Fsp3) is 0.529. The van der Waals surface area contributed by atoms with E-state index in [4.69, 9.17) is 5.73 Å². The average Bonchev–Trinajstić information content (AvgIpc) is 2.58. The van der Waals surface area contributed by atoms with E-state index in [0.29, 0.717) is 0 Å². The predicted octanol–water partition coefficient (Wildman–Crippen LogP) is 1.46. The topological polar surface area (TPSA) is 74.0 Å². The lowest BCUT2D eigenvalue weighted by molar-refractivity contribution is -0.141. The highest BCUT2D eigenvalue weighted by atomic mass is 19.4. The van der Waals surface area contributed by atoms with E-state index < -0.39 is 30.4 Å². The van der Waals surface area contributed by atoms with Gasteiger partial charge in [0.15, 0.2) is 0 Å². The largest absolute Gasteiger partial charge is 0.405 e. The summed E-state index contributed by atoms with van der Waals surface area (Å²) in [6.07, 6.45) is -4.58. The second kappa shape index (κ2) is 9.18. The van der Waals surface area contributed by atoms with Crippen LogP contribution in [0.3, 0.4) is 0 Å². The SMILES string of the molecule is CN/N=C1/CN(C(=O)CC(N)Cc2cc(F)ccc2F)CCN1CC(F)(F)F. The summed E-state index contributed by atoms with van der Waals surface area (Å²) < 4.78 is 65.0. The second-order valence-corrected chi connectivity index (χ2v) is 6.51. The molecule has 1 saturated heterocycles. The van der Waals surface area contributed by atoms with Crippen LogP contribution in [0.1, 0.15) is 12.0 Å². The number of alkyl halides is 3. The molecular formula is C17H22F5N5O. The zero-order chi connectivity index (χ0) is 20.9. The number of halogens is 5. The molecule has 6 nitrogen and oxygen atoms in total. The maximum atomic E-state index is 13.7. The van der Waals surface area contributed by atoms with Crippen LogP contribution in [-0.2, 0) is 11.2 Å². The van der Waals surface area contributed by atoms with Crippen LogP contribution in [0, 0.1) is 11.6 Å². The Kier molecular flexibility index (Phi) is 7.17. The van der Waals surface area contributed by atoms with Gasteiger partial charge in [-0.2, -0.15) is 18.3 Å². The molecule has 1 aliphatic heterocycles. The molecule has 1 heterocycles. The van der Waals surface area contributed by atoms with E-state index >= 15 is 0 Å². The van der Waals surface area contributed by atoms with Crippen LogP contribution >= 0.6 is 0 Å². The molecule has 1 aliphatic rings. The van der Waals surface area contributed by atoms with Crippen molar-refractivity contribution in [3.05, 3.63) is 35.4 Å². The Morgan fingerprint density at radius 3 is 2.68 bits per heavy atom. The highest BCUT2D eigenvalue weighted by Crippen LogP contribution is 2.19. The number of carbonyl (C=O) groups is 1. The fourth-order valence-electron chi connectivity index (χ4n) is 2.96. The Morgan fingerprint density at radius 2 is 2.04 bits per heavy atom. The van der Waals surface area contributed by atoms with Crippen LogP contribution in [0.2, 0.25) is 0 Å². The number of nitrogens with two attached hydrogens (primary N) is 1. The third-order valence-electron chi connectivity index (χ3n) is 4.23. The number of amides is 1. The monoisotopic (exact) mass is 407 g/mol. The molecular weight excluding hydrogens is 385 g/mol. The molecule has 0 aliphatic carbocycles. The van der Waals surface area contributed by atoms with E-state index in [2.05, 4.69) is 10.5 Å². The quantitative estimate of drug-likeness (QED) is 0.553. The number of piperazine rings is 1. The Hall–Kier alpha value is -2.43. The normalized spacial score (nSPS) is 17.8. The molecule has 1 amide bonds. The van der Waals surface area contributed by atoms with Gasteiger partial charge in [0.2, 0.25) is 5.91 Å². The van der Waals surface area contributed by atoms with E-state index in [1.807, 2.05) is 0 Å². The van der Waals surface area contributed by atoms with Gasteiger partial charge in [-0.15, -0.1) is 0 Å². The number of hydrogen-bond donors (Lipinski definition) is 2. The molecule has 28 heavy (non-hydrogen) atoms. The van der Waals surface area contributed by atoms with Crippen molar-refractivity contribution < 1.29 is 26.7 Å². The fourth-order valence-corrected chi connectivity index (χ4v) is 2.96. The predicted molar refractivity (Wildman–Crippen MR) is 93.4 cm³/mol. The van der Waals surface area contributed by atoms with Crippen molar-refractivity contribution in [3.63, 3.8) is 0 Å². The first-order valence-electron chi connectivity index (χ1n) is 8.61. The number of rotatable bonds is 6. The zero-order valence-corrected chi connectivity index (χ0v) is 15.3. The van der Waals surface area contributed by atoms with Crippen molar-refractivity contribution >= 4 is 11.7 Å². The van der Waals surface area contributed by atoms with E-state index in [0.717, 1.165) is 23.1 Å². The van der Waals surface area contributed by atoms with Crippen LogP contribution in [0.4, 0.5) is 22.0 Å². The Bertz CT molecular complexity index is 724. The van der Waals surface area contributed by atoms with Gasteiger partial charge >= 0.3 is 6.18 Å². The van der Waals surface area contributed by atoms with E-state index in [9.17, 15) is 26.7 Å². The smallest absolute Gasteiger partial charge is 0.346 e. The molecule has 0 saturated carbocycles. The van der Waals surface area contributed by atoms with Gasteiger partial charge in [-0.3, -0.25) is 4.79 Å². The number of hydrogen-bond acceptors (Lipinski definition) is 4. The first-order chi connectivity index (χ1) is 13.1. The molecule has 2 rings (SSSR count). The summed E-state index contributed by atoms with van der Waals surface area (Å²) in [7, 11) is 1.45. The summed E-state index contributed by atoms with van der Waals surface area (Å²) in [4.78, 5) is 14.9. The summed E-state index contributed by atoms with van der Waals surface area (Å²) in [5.41, 5.74) is 8.40. The number of carbonyl (C=O) groups excluding carboxylic acids is 1. The molecule has 1 aromatic rings.